The fourth-order valence-electron chi connectivity index (χ4n) is 8.21. The van der Waals surface area contributed by atoms with E-state index in [4.69, 9.17) is 4.74 Å². The second-order valence-electron chi connectivity index (χ2n) is 10.5. The van der Waals surface area contributed by atoms with Crippen molar-refractivity contribution in [1.82, 2.24) is 5.32 Å². The highest BCUT2D eigenvalue weighted by Gasteiger charge is 2.64. The molecule has 0 radical (unpaired) electrons. The summed E-state index contributed by atoms with van der Waals surface area (Å²) in [7, 11) is 1.68. The molecule has 8 atom stereocenters. The maximum atomic E-state index is 13.7. The highest BCUT2D eigenvalue weighted by atomic mass is 16.5. The quantitative estimate of drug-likeness (QED) is 0.801. The van der Waals surface area contributed by atoms with Gasteiger partial charge in [0.2, 0.25) is 0 Å². The van der Waals surface area contributed by atoms with Crippen LogP contribution in [0.2, 0.25) is 0 Å². The van der Waals surface area contributed by atoms with Crippen molar-refractivity contribution in [2.75, 3.05) is 7.11 Å². The van der Waals surface area contributed by atoms with Gasteiger partial charge in [0.1, 0.15) is 17.3 Å². The number of methoxy groups -OCH3 is 1. The van der Waals surface area contributed by atoms with E-state index in [9.17, 15) is 9.59 Å². The van der Waals surface area contributed by atoms with Crippen molar-refractivity contribution in [3.8, 4) is 5.75 Å². The van der Waals surface area contributed by atoms with Crippen LogP contribution in [-0.2, 0) is 9.59 Å². The Morgan fingerprint density at radius 1 is 0.733 bits per heavy atom. The van der Waals surface area contributed by atoms with E-state index in [1.165, 1.54) is 44.1 Å². The Labute approximate surface area is 179 Å². The summed E-state index contributed by atoms with van der Waals surface area (Å²) in [6, 6.07) is 8.75. The largest absolute Gasteiger partial charge is 0.497 e. The zero-order valence-corrected chi connectivity index (χ0v) is 17.9. The minimum Gasteiger partial charge on any atom is -0.497 e. The number of ketones is 2. The van der Waals surface area contributed by atoms with Gasteiger partial charge in [-0.2, -0.15) is 0 Å². The highest BCUT2D eigenvalue weighted by molar-refractivity contribution is 5.93. The number of fused-ring (bicyclic) bond motifs is 6. The molecule has 4 nitrogen and oxygen atoms in total. The van der Waals surface area contributed by atoms with E-state index < -0.39 is 0 Å². The summed E-state index contributed by atoms with van der Waals surface area (Å²) in [5.74, 6) is 3.01. The van der Waals surface area contributed by atoms with Crippen molar-refractivity contribution in [3.05, 3.63) is 29.8 Å². The number of carbonyl (C=O) groups is 2. The summed E-state index contributed by atoms with van der Waals surface area (Å²) >= 11 is 0. The zero-order chi connectivity index (χ0) is 20.4. The Balaban J connectivity index is 1.45. The van der Waals surface area contributed by atoms with Gasteiger partial charge in [0.25, 0.3) is 0 Å². The van der Waals surface area contributed by atoms with E-state index >= 15 is 0 Å². The fraction of sp³-hybridized carbons (Fsp3) is 0.692. The van der Waals surface area contributed by atoms with Crippen LogP contribution in [0.4, 0.5) is 0 Å². The van der Waals surface area contributed by atoms with Gasteiger partial charge in [-0.1, -0.05) is 37.8 Å². The van der Waals surface area contributed by atoms with Crippen molar-refractivity contribution in [2.45, 2.75) is 69.4 Å². The molecule has 0 spiro atoms. The van der Waals surface area contributed by atoms with Crippen LogP contribution in [0.15, 0.2) is 24.3 Å². The van der Waals surface area contributed by atoms with Gasteiger partial charge in [-0.25, -0.2) is 0 Å². The average Bonchev–Trinajstić information content (AvgIpc) is 3.25. The Bertz CT molecular complexity index is 802. The number of piperidine rings is 1. The second-order valence-corrected chi connectivity index (χ2v) is 10.5. The molecule has 0 aromatic heterocycles. The number of rotatable bonds is 2. The van der Waals surface area contributed by atoms with Crippen LogP contribution in [0.3, 0.4) is 0 Å². The molecule has 6 rings (SSSR count). The Morgan fingerprint density at radius 3 is 1.73 bits per heavy atom. The molecule has 1 heterocycles. The molecule has 1 N–H and O–H groups in total. The highest BCUT2D eigenvalue weighted by Crippen LogP contribution is 2.58. The minimum atomic E-state index is -0.0446. The topological polar surface area (TPSA) is 55.4 Å². The lowest BCUT2D eigenvalue weighted by Gasteiger charge is -2.45. The maximum absolute atomic E-state index is 13.7. The first kappa shape index (κ1) is 19.0. The smallest absolute Gasteiger partial charge is 0.141 e. The van der Waals surface area contributed by atoms with Gasteiger partial charge >= 0.3 is 0 Å². The monoisotopic (exact) mass is 407 g/mol. The molecule has 1 aliphatic heterocycles. The van der Waals surface area contributed by atoms with Gasteiger partial charge in [-0.3, -0.25) is 9.59 Å². The van der Waals surface area contributed by atoms with Gasteiger partial charge < -0.3 is 10.1 Å². The summed E-state index contributed by atoms with van der Waals surface area (Å²) in [4.78, 5) is 27.4. The molecule has 4 aliphatic carbocycles. The summed E-state index contributed by atoms with van der Waals surface area (Å²) < 4.78 is 5.38. The molecule has 0 amide bonds. The fourth-order valence-corrected chi connectivity index (χ4v) is 8.21. The SMILES string of the molecule is COc1ccc(C2C3C(=O)C4CCCCC4C3NC3C4CCCCC4C(=O)C32)cc1. The molecule has 4 heteroatoms. The molecule has 1 aromatic carbocycles. The lowest BCUT2D eigenvalue weighted by molar-refractivity contribution is -0.129. The summed E-state index contributed by atoms with van der Waals surface area (Å²) in [5, 5.41) is 3.99. The maximum Gasteiger partial charge on any atom is 0.141 e. The minimum absolute atomic E-state index is 0.0309. The lowest BCUT2D eigenvalue weighted by Crippen LogP contribution is -2.58. The molecular weight excluding hydrogens is 374 g/mol. The van der Waals surface area contributed by atoms with E-state index in [0.29, 0.717) is 23.4 Å². The molecule has 30 heavy (non-hydrogen) atoms. The van der Waals surface area contributed by atoms with Crippen LogP contribution in [0.25, 0.3) is 0 Å². The summed E-state index contributed by atoms with van der Waals surface area (Å²) in [6.45, 7) is 0. The van der Waals surface area contributed by atoms with Gasteiger partial charge in [0.05, 0.1) is 7.11 Å². The van der Waals surface area contributed by atoms with Crippen LogP contribution in [0.1, 0.15) is 62.8 Å². The second kappa shape index (κ2) is 7.19. The molecule has 1 aromatic rings. The standard InChI is InChI=1S/C26H33NO3/c1-30-15-12-10-14(11-13-15)20-21-23(16-6-2-4-8-18(16)25(21)28)27-24-17-7-3-5-9-19(17)26(29)22(20)24/h10-13,16-24,27H,2-9H2,1H3. The van der Waals surface area contributed by atoms with Crippen molar-refractivity contribution in [3.63, 3.8) is 0 Å². The number of carbonyl (C=O) groups excluding carboxylic acids is 2. The molecule has 5 fully saturated rings. The van der Waals surface area contributed by atoms with Crippen LogP contribution in [0, 0.1) is 35.5 Å². The van der Waals surface area contributed by atoms with Crippen LogP contribution < -0.4 is 10.1 Å². The van der Waals surface area contributed by atoms with Crippen LogP contribution in [0.5, 0.6) is 5.75 Å². The van der Waals surface area contributed by atoms with Gasteiger partial charge in [-0.05, 0) is 55.2 Å². The van der Waals surface area contributed by atoms with E-state index in [1.807, 2.05) is 12.1 Å². The first-order chi connectivity index (χ1) is 14.7. The average molecular weight is 408 g/mol. The number of Topliss-reactive ketones (excluding diaryl/α,β-unsaturated/α-hetero) is 2. The van der Waals surface area contributed by atoms with E-state index in [0.717, 1.165) is 18.6 Å². The number of ether oxygens (including phenoxy) is 1. The number of hydrogen-bond donors (Lipinski definition) is 1. The predicted octanol–water partition coefficient (Wildman–Crippen LogP) is 4.13. The third-order valence-corrected chi connectivity index (χ3v) is 9.38. The van der Waals surface area contributed by atoms with Crippen molar-refractivity contribution >= 4 is 11.6 Å². The number of benzene rings is 1. The van der Waals surface area contributed by atoms with Crippen LogP contribution >= 0.6 is 0 Å². The normalized spacial score (nSPS) is 44.8. The number of hydrogen-bond acceptors (Lipinski definition) is 4. The zero-order valence-electron chi connectivity index (χ0n) is 17.9. The first-order valence-electron chi connectivity index (χ1n) is 12.2. The Hall–Kier alpha value is -1.68. The summed E-state index contributed by atoms with van der Waals surface area (Å²) in [6.07, 6.45) is 9.26. The molecule has 4 saturated carbocycles. The molecule has 8 unspecified atom stereocenters. The third kappa shape index (κ3) is 2.62. The molecule has 160 valence electrons. The molecule has 5 aliphatic rings. The van der Waals surface area contributed by atoms with Crippen LogP contribution in [-0.4, -0.2) is 30.8 Å². The van der Waals surface area contributed by atoms with Crippen molar-refractivity contribution in [1.29, 1.82) is 0 Å². The van der Waals surface area contributed by atoms with Crippen molar-refractivity contribution in [2.24, 2.45) is 35.5 Å². The molecule has 0 bridgehead atoms. The van der Waals surface area contributed by atoms with Gasteiger partial charge in [0.15, 0.2) is 0 Å². The predicted molar refractivity (Wildman–Crippen MR) is 114 cm³/mol. The van der Waals surface area contributed by atoms with E-state index in [1.54, 1.807) is 7.11 Å². The molecule has 1 saturated heterocycles. The third-order valence-electron chi connectivity index (χ3n) is 9.38. The first-order valence-corrected chi connectivity index (χ1v) is 12.2. The van der Waals surface area contributed by atoms with Gasteiger partial charge in [-0.15, -0.1) is 0 Å². The lowest BCUT2D eigenvalue weighted by atomic mass is 9.67. The number of nitrogens with one attached hydrogen (secondary N) is 1. The molecular formula is C26H33NO3. The Morgan fingerprint density at radius 2 is 1.23 bits per heavy atom. The summed E-state index contributed by atoms with van der Waals surface area (Å²) in [5.41, 5.74) is 1.17. The van der Waals surface area contributed by atoms with E-state index in [-0.39, 0.29) is 41.7 Å². The van der Waals surface area contributed by atoms with Crippen molar-refractivity contribution < 1.29 is 14.3 Å². The van der Waals surface area contributed by atoms with E-state index in [2.05, 4.69) is 17.4 Å². The van der Waals surface area contributed by atoms with Gasteiger partial charge in [0, 0.05) is 41.7 Å². The Kier molecular flexibility index (Phi) is 4.56.